The number of rotatable bonds is 9. The zero-order valence-electron chi connectivity index (χ0n) is 11.5. The number of Topliss-reactive ketones (excluding diaryl/α,β-unsaturated/α-hetero) is 1. The third-order valence-electron chi connectivity index (χ3n) is 3.94. The molecule has 1 rings (SSSR count). The second-order valence-electron chi connectivity index (χ2n) is 5.34. The van der Waals surface area contributed by atoms with E-state index in [1.54, 1.807) is 0 Å². The molecular formula is C15H28O2. The fourth-order valence-electron chi connectivity index (χ4n) is 2.57. The van der Waals surface area contributed by atoms with Gasteiger partial charge in [0, 0.05) is 25.6 Å². The van der Waals surface area contributed by atoms with E-state index in [1.807, 2.05) is 0 Å². The van der Waals surface area contributed by atoms with Crippen LogP contribution in [0.4, 0.5) is 0 Å². The van der Waals surface area contributed by atoms with Crippen LogP contribution in [0, 0.1) is 11.8 Å². The van der Waals surface area contributed by atoms with Crippen LogP contribution in [0.15, 0.2) is 0 Å². The zero-order valence-corrected chi connectivity index (χ0v) is 11.5. The Labute approximate surface area is 106 Å². The van der Waals surface area contributed by atoms with Crippen LogP contribution >= 0.6 is 0 Å². The van der Waals surface area contributed by atoms with Crippen molar-refractivity contribution in [3.63, 3.8) is 0 Å². The molecule has 0 spiro atoms. The first-order chi connectivity index (χ1) is 8.27. The van der Waals surface area contributed by atoms with E-state index in [1.165, 1.54) is 25.7 Å². The molecule has 0 bridgehead atoms. The van der Waals surface area contributed by atoms with Crippen molar-refractivity contribution in [2.24, 2.45) is 11.8 Å². The zero-order chi connectivity index (χ0) is 12.5. The maximum Gasteiger partial charge on any atom is 0.136 e. The summed E-state index contributed by atoms with van der Waals surface area (Å²) in [7, 11) is 0. The molecule has 0 amide bonds. The van der Waals surface area contributed by atoms with Crippen molar-refractivity contribution in [1.29, 1.82) is 0 Å². The van der Waals surface area contributed by atoms with Crippen LogP contribution in [0.3, 0.4) is 0 Å². The molecule has 0 saturated heterocycles. The van der Waals surface area contributed by atoms with Gasteiger partial charge < -0.3 is 4.74 Å². The summed E-state index contributed by atoms with van der Waals surface area (Å²) in [5.74, 6) is 1.49. The SMILES string of the molecule is CCCCC(CC)COCCC1CCCC1=O. The molecule has 1 fully saturated rings. The predicted molar refractivity (Wildman–Crippen MR) is 71.1 cm³/mol. The average Bonchev–Trinajstić information content (AvgIpc) is 2.74. The van der Waals surface area contributed by atoms with Gasteiger partial charge in [0.2, 0.25) is 0 Å². The van der Waals surface area contributed by atoms with Crippen LogP contribution in [0.2, 0.25) is 0 Å². The van der Waals surface area contributed by atoms with Crippen molar-refractivity contribution < 1.29 is 9.53 Å². The topological polar surface area (TPSA) is 26.3 Å². The Balaban J connectivity index is 2.03. The Morgan fingerprint density at radius 1 is 1.41 bits per heavy atom. The Bertz CT molecular complexity index is 213. The van der Waals surface area contributed by atoms with Gasteiger partial charge in [0.1, 0.15) is 5.78 Å². The molecule has 0 radical (unpaired) electrons. The molecule has 1 aliphatic carbocycles. The summed E-state index contributed by atoms with van der Waals surface area (Å²) >= 11 is 0. The quantitative estimate of drug-likeness (QED) is 0.570. The lowest BCUT2D eigenvalue weighted by atomic mass is 10.0. The lowest BCUT2D eigenvalue weighted by Gasteiger charge is -2.15. The van der Waals surface area contributed by atoms with Crippen molar-refractivity contribution in [3.8, 4) is 0 Å². The molecule has 2 atom stereocenters. The monoisotopic (exact) mass is 240 g/mol. The van der Waals surface area contributed by atoms with Gasteiger partial charge in [0.25, 0.3) is 0 Å². The molecule has 0 heterocycles. The highest BCUT2D eigenvalue weighted by molar-refractivity contribution is 5.82. The molecule has 0 aromatic carbocycles. The molecular weight excluding hydrogens is 212 g/mol. The van der Waals surface area contributed by atoms with E-state index >= 15 is 0 Å². The van der Waals surface area contributed by atoms with Crippen LogP contribution in [-0.4, -0.2) is 19.0 Å². The fraction of sp³-hybridized carbons (Fsp3) is 0.933. The number of hydrogen-bond donors (Lipinski definition) is 0. The van der Waals surface area contributed by atoms with E-state index in [2.05, 4.69) is 13.8 Å². The van der Waals surface area contributed by atoms with E-state index in [-0.39, 0.29) is 0 Å². The number of ether oxygens (including phenoxy) is 1. The predicted octanol–water partition coefficient (Wildman–Crippen LogP) is 3.98. The molecule has 1 saturated carbocycles. The van der Waals surface area contributed by atoms with Crippen molar-refractivity contribution in [3.05, 3.63) is 0 Å². The van der Waals surface area contributed by atoms with Crippen LogP contribution in [0.25, 0.3) is 0 Å². The van der Waals surface area contributed by atoms with Crippen molar-refractivity contribution >= 4 is 5.78 Å². The minimum atomic E-state index is 0.311. The van der Waals surface area contributed by atoms with E-state index in [0.29, 0.717) is 17.6 Å². The Morgan fingerprint density at radius 3 is 2.82 bits per heavy atom. The first-order valence-electron chi connectivity index (χ1n) is 7.38. The molecule has 0 N–H and O–H groups in total. The Morgan fingerprint density at radius 2 is 2.24 bits per heavy atom. The minimum absolute atomic E-state index is 0.311. The third-order valence-corrected chi connectivity index (χ3v) is 3.94. The minimum Gasteiger partial charge on any atom is -0.381 e. The first-order valence-corrected chi connectivity index (χ1v) is 7.38. The fourth-order valence-corrected chi connectivity index (χ4v) is 2.57. The van der Waals surface area contributed by atoms with E-state index in [9.17, 15) is 4.79 Å². The highest BCUT2D eigenvalue weighted by Crippen LogP contribution is 2.24. The maximum atomic E-state index is 11.4. The Hall–Kier alpha value is -0.370. The Kier molecular flexibility index (Phi) is 7.50. The van der Waals surface area contributed by atoms with E-state index in [0.717, 1.165) is 38.9 Å². The van der Waals surface area contributed by atoms with E-state index in [4.69, 9.17) is 4.74 Å². The standard InChI is InChI=1S/C15H28O2/c1-3-5-7-13(4-2)12-17-11-10-14-8-6-9-15(14)16/h13-14H,3-12H2,1-2H3. The molecule has 17 heavy (non-hydrogen) atoms. The summed E-state index contributed by atoms with van der Waals surface area (Å²) in [5.41, 5.74) is 0. The van der Waals surface area contributed by atoms with Crippen LogP contribution in [-0.2, 0) is 9.53 Å². The molecule has 2 nitrogen and oxygen atoms in total. The molecule has 0 aromatic rings. The molecule has 0 aliphatic heterocycles. The molecule has 0 aromatic heterocycles. The van der Waals surface area contributed by atoms with Gasteiger partial charge in [-0.1, -0.05) is 33.1 Å². The van der Waals surface area contributed by atoms with Gasteiger partial charge in [-0.25, -0.2) is 0 Å². The van der Waals surface area contributed by atoms with Gasteiger partial charge >= 0.3 is 0 Å². The number of hydrogen-bond acceptors (Lipinski definition) is 2. The highest BCUT2D eigenvalue weighted by atomic mass is 16.5. The highest BCUT2D eigenvalue weighted by Gasteiger charge is 2.23. The summed E-state index contributed by atoms with van der Waals surface area (Å²) in [6.45, 7) is 6.14. The van der Waals surface area contributed by atoms with Gasteiger partial charge in [0.05, 0.1) is 0 Å². The number of unbranched alkanes of at least 4 members (excludes halogenated alkanes) is 1. The first kappa shape index (κ1) is 14.7. The van der Waals surface area contributed by atoms with Gasteiger partial charge in [-0.3, -0.25) is 4.79 Å². The molecule has 1 aliphatic rings. The number of carbonyl (C=O) groups is 1. The third kappa shape index (κ3) is 5.67. The van der Waals surface area contributed by atoms with Crippen molar-refractivity contribution in [2.75, 3.05) is 13.2 Å². The largest absolute Gasteiger partial charge is 0.381 e. The molecule has 2 heteroatoms. The lowest BCUT2D eigenvalue weighted by molar-refractivity contribution is -0.121. The summed E-state index contributed by atoms with van der Waals surface area (Å²) in [4.78, 5) is 11.4. The summed E-state index contributed by atoms with van der Waals surface area (Å²) < 4.78 is 5.74. The van der Waals surface area contributed by atoms with Gasteiger partial charge in [-0.15, -0.1) is 0 Å². The van der Waals surface area contributed by atoms with Crippen LogP contribution in [0.1, 0.15) is 65.2 Å². The molecule has 100 valence electrons. The number of carbonyl (C=O) groups excluding carboxylic acids is 1. The smallest absolute Gasteiger partial charge is 0.136 e. The normalized spacial score (nSPS) is 22.0. The summed E-state index contributed by atoms with van der Waals surface area (Å²) in [6.07, 6.45) is 9.02. The lowest BCUT2D eigenvalue weighted by Crippen LogP contribution is -2.13. The van der Waals surface area contributed by atoms with Gasteiger partial charge in [0.15, 0.2) is 0 Å². The van der Waals surface area contributed by atoms with Crippen LogP contribution in [0.5, 0.6) is 0 Å². The average molecular weight is 240 g/mol. The second-order valence-corrected chi connectivity index (χ2v) is 5.34. The summed E-state index contributed by atoms with van der Waals surface area (Å²) in [6, 6.07) is 0. The summed E-state index contributed by atoms with van der Waals surface area (Å²) in [5, 5.41) is 0. The van der Waals surface area contributed by atoms with E-state index < -0.39 is 0 Å². The number of ketones is 1. The van der Waals surface area contributed by atoms with Crippen molar-refractivity contribution in [2.45, 2.75) is 65.2 Å². The van der Waals surface area contributed by atoms with Gasteiger partial charge in [-0.05, 0) is 31.6 Å². The van der Waals surface area contributed by atoms with Crippen molar-refractivity contribution in [1.82, 2.24) is 0 Å². The van der Waals surface area contributed by atoms with Gasteiger partial charge in [-0.2, -0.15) is 0 Å². The maximum absolute atomic E-state index is 11.4. The molecule has 2 unspecified atom stereocenters. The van der Waals surface area contributed by atoms with Crippen LogP contribution < -0.4 is 0 Å². The second kappa shape index (κ2) is 8.68.